The van der Waals surface area contributed by atoms with E-state index in [1.807, 2.05) is 24.3 Å². The summed E-state index contributed by atoms with van der Waals surface area (Å²) in [5.74, 6) is -0.00946. The quantitative estimate of drug-likeness (QED) is 0.342. The first-order valence-electron chi connectivity index (χ1n) is 8.10. The van der Waals surface area contributed by atoms with Crippen LogP contribution in [0.5, 0.6) is 5.75 Å². The highest BCUT2D eigenvalue weighted by Crippen LogP contribution is 2.35. The Labute approximate surface area is 180 Å². The van der Waals surface area contributed by atoms with Gasteiger partial charge in [0.15, 0.2) is 5.75 Å². The van der Waals surface area contributed by atoms with Gasteiger partial charge in [0, 0.05) is 10.1 Å². The summed E-state index contributed by atoms with van der Waals surface area (Å²) in [6.07, 6.45) is 1.54. The van der Waals surface area contributed by atoms with Crippen LogP contribution < -0.4 is 10.1 Å². The van der Waals surface area contributed by atoms with Crippen LogP contribution in [0, 0.1) is 3.57 Å². The maximum Gasteiger partial charge on any atom is 0.328 e. The number of urea groups is 1. The number of likely N-dealkylation sites (N-methyl/N-ethyl adjacent to an activating group) is 1. The van der Waals surface area contributed by atoms with Crippen molar-refractivity contribution in [1.29, 1.82) is 0 Å². The van der Waals surface area contributed by atoms with E-state index >= 15 is 0 Å². The standard InChI is InChI=1S/C19H15Cl2IN2O3/c1-2-24-18(25)16(23-19(24)26)9-12-7-14(20)17(15(21)8-12)27-10-11-3-5-13(22)6-4-11/h3-9H,2,10H2,1H3,(H,23,26)/b16-9+. The monoisotopic (exact) mass is 516 g/mol. The van der Waals surface area contributed by atoms with Gasteiger partial charge in [-0.15, -0.1) is 0 Å². The molecule has 0 spiro atoms. The molecule has 3 amide bonds. The molecule has 140 valence electrons. The Hall–Kier alpha value is -1.77. The maximum absolute atomic E-state index is 12.2. The molecule has 5 nitrogen and oxygen atoms in total. The number of ether oxygens (including phenoxy) is 1. The Morgan fingerprint density at radius 1 is 1.15 bits per heavy atom. The van der Waals surface area contributed by atoms with E-state index in [2.05, 4.69) is 27.9 Å². The predicted molar refractivity (Wildman–Crippen MR) is 114 cm³/mol. The zero-order chi connectivity index (χ0) is 19.6. The van der Waals surface area contributed by atoms with Gasteiger partial charge in [-0.3, -0.25) is 9.69 Å². The van der Waals surface area contributed by atoms with Crippen molar-refractivity contribution in [3.63, 3.8) is 0 Å². The Balaban J connectivity index is 1.79. The van der Waals surface area contributed by atoms with Crippen LogP contribution in [0.1, 0.15) is 18.1 Å². The topological polar surface area (TPSA) is 58.6 Å². The summed E-state index contributed by atoms with van der Waals surface area (Å²) in [6.45, 7) is 2.36. The van der Waals surface area contributed by atoms with Crippen molar-refractivity contribution in [2.24, 2.45) is 0 Å². The zero-order valence-electron chi connectivity index (χ0n) is 14.3. The van der Waals surface area contributed by atoms with Gasteiger partial charge in [-0.2, -0.15) is 0 Å². The first-order valence-corrected chi connectivity index (χ1v) is 9.93. The van der Waals surface area contributed by atoms with Crippen molar-refractivity contribution in [2.45, 2.75) is 13.5 Å². The molecular formula is C19H15Cl2IN2O3. The fourth-order valence-electron chi connectivity index (χ4n) is 2.56. The van der Waals surface area contributed by atoms with Crippen LogP contribution in [0.15, 0.2) is 42.1 Å². The summed E-state index contributed by atoms with van der Waals surface area (Å²) >= 11 is 14.9. The number of benzene rings is 2. The smallest absolute Gasteiger partial charge is 0.328 e. The average Bonchev–Trinajstić information content (AvgIpc) is 2.88. The summed E-state index contributed by atoms with van der Waals surface area (Å²) in [7, 11) is 0. The molecule has 3 rings (SSSR count). The van der Waals surface area contributed by atoms with Crippen molar-refractivity contribution in [2.75, 3.05) is 6.54 Å². The lowest BCUT2D eigenvalue weighted by Gasteiger charge is -2.11. The number of carbonyl (C=O) groups excluding carboxylic acids is 2. The average molecular weight is 517 g/mol. The van der Waals surface area contributed by atoms with Crippen molar-refractivity contribution >= 4 is 63.8 Å². The number of halogens is 3. The largest absolute Gasteiger partial charge is 0.486 e. The highest BCUT2D eigenvalue weighted by molar-refractivity contribution is 14.1. The van der Waals surface area contributed by atoms with Crippen molar-refractivity contribution in [1.82, 2.24) is 10.2 Å². The van der Waals surface area contributed by atoms with E-state index < -0.39 is 6.03 Å². The molecule has 0 aliphatic carbocycles. The first kappa shape index (κ1) is 20.0. The second-order valence-corrected chi connectivity index (χ2v) is 7.83. The molecule has 2 aromatic rings. The second-order valence-electron chi connectivity index (χ2n) is 5.77. The minimum atomic E-state index is -0.441. The van der Waals surface area contributed by atoms with Crippen molar-refractivity contribution in [3.05, 3.63) is 66.8 Å². The van der Waals surface area contributed by atoms with E-state index in [1.54, 1.807) is 19.1 Å². The van der Waals surface area contributed by atoms with Gasteiger partial charge in [0.1, 0.15) is 12.3 Å². The predicted octanol–water partition coefficient (Wildman–Crippen LogP) is 5.09. The van der Waals surface area contributed by atoms with Gasteiger partial charge in [-0.05, 0) is 71.0 Å². The number of imide groups is 1. The molecule has 0 radical (unpaired) electrons. The Morgan fingerprint density at radius 3 is 2.33 bits per heavy atom. The molecule has 0 unspecified atom stereocenters. The zero-order valence-corrected chi connectivity index (χ0v) is 17.9. The lowest BCUT2D eigenvalue weighted by Crippen LogP contribution is -2.30. The third-order valence-corrected chi connectivity index (χ3v) is 5.19. The summed E-state index contributed by atoms with van der Waals surface area (Å²) in [5.41, 5.74) is 1.77. The number of nitrogens with zero attached hydrogens (tertiary/aromatic N) is 1. The van der Waals surface area contributed by atoms with Crippen LogP contribution in [-0.4, -0.2) is 23.4 Å². The third kappa shape index (κ3) is 4.56. The number of nitrogens with one attached hydrogen (secondary N) is 1. The second kappa shape index (κ2) is 8.50. The number of hydrogen-bond acceptors (Lipinski definition) is 3. The molecule has 0 saturated carbocycles. The molecule has 0 atom stereocenters. The van der Waals surface area contributed by atoms with E-state index in [0.29, 0.717) is 34.5 Å². The molecule has 1 aliphatic rings. The SMILES string of the molecule is CCN1C(=O)N/C(=C/c2cc(Cl)c(OCc3ccc(I)cc3)c(Cl)c2)C1=O. The van der Waals surface area contributed by atoms with Crippen LogP contribution in [-0.2, 0) is 11.4 Å². The fourth-order valence-corrected chi connectivity index (χ4v) is 3.53. The molecule has 27 heavy (non-hydrogen) atoms. The van der Waals surface area contributed by atoms with E-state index in [0.717, 1.165) is 14.0 Å². The molecule has 1 aliphatic heterocycles. The van der Waals surface area contributed by atoms with Crippen molar-refractivity contribution < 1.29 is 14.3 Å². The van der Waals surface area contributed by atoms with E-state index in [9.17, 15) is 9.59 Å². The van der Waals surface area contributed by atoms with Gasteiger partial charge >= 0.3 is 6.03 Å². The summed E-state index contributed by atoms with van der Waals surface area (Å²) in [4.78, 5) is 25.0. The first-order chi connectivity index (χ1) is 12.9. The summed E-state index contributed by atoms with van der Waals surface area (Å²) in [5, 5.41) is 3.18. The minimum absolute atomic E-state index is 0.182. The lowest BCUT2D eigenvalue weighted by molar-refractivity contribution is -0.122. The van der Waals surface area contributed by atoms with Gasteiger partial charge < -0.3 is 10.1 Å². The lowest BCUT2D eigenvalue weighted by atomic mass is 10.1. The summed E-state index contributed by atoms with van der Waals surface area (Å²) in [6, 6.07) is 10.7. The minimum Gasteiger partial charge on any atom is -0.486 e. The number of carbonyl (C=O) groups is 2. The van der Waals surface area contributed by atoms with Crippen LogP contribution in [0.25, 0.3) is 6.08 Å². The van der Waals surface area contributed by atoms with Gasteiger partial charge in [0.2, 0.25) is 0 Å². The Morgan fingerprint density at radius 2 is 1.78 bits per heavy atom. The van der Waals surface area contributed by atoms with Gasteiger partial charge in [-0.25, -0.2) is 4.79 Å². The van der Waals surface area contributed by atoms with E-state index in [-0.39, 0.29) is 11.6 Å². The number of amides is 3. The number of hydrogen-bond donors (Lipinski definition) is 1. The van der Waals surface area contributed by atoms with Crippen LogP contribution in [0.2, 0.25) is 10.0 Å². The van der Waals surface area contributed by atoms with Gasteiger partial charge in [-0.1, -0.05) is 35.3 Å². The van der Waals surface area contributed by atoms with Crippen LogP contribution in [0.4, 0.5) is 4.79 Å². The third-order valence-electron chi connectivity index (χ3n) is 3.91. The maximum atomic E-state index is 12.2. The van der Waals surface area contributed by atoms with Crippen LogP contribution in [0.3, 0.4) is 0 Å². The molecule has 1 fully saturated rings. The molecule has 1 N–H and O–H groups in total. The Bertz CT molecular complexity index is 906. The van der Waals surface area contributed by atoms with Crippen LogP contribution >= 0.6 is 45.8 Å². The Kier molecular flexibility index (Phi) is 6.29. The molecule has 0 aromatic heterocycles. The molecule has 1 saturated heterocycles. The molecule has 0 bridgehead atoms. The fraction of sp³-hybridized carbons (Fsp3) is 0.158. The molecular weight excluding hydrogens is 502 g/mol. The van der Waals surface area contributed by atoms with Gasteiger partial charge in [0.05, 0.1) is 10.0 Å². The van der Waals surface area contributed by atoms with E-state index in [4.69, 9.17) is 27.9 Å². The number of rotatable bonds is 5. The highest BCUT2D eigenvalue weighted by atomic mass is 127. The molecule has 1 heterocycles. The molecule has 8 heteroatoms. The normalized spacial score (nSPS) is 15.4. The summed E-state index contributed by atoms with van der Waals surface area (Å²) < 4.78 is 6.90. The van der Waals surface area contributed by atoms with Crippen molar-refractivity contribution in [3.8, 4) is 5.75 Å². The highest BCUT2D eigenvalue weighted by Gasteiger charge is 2.32. The van der Waals surface area contributed by atoms with E-state index in [1.165, 1.54) is 6.08 Å². The van der Waals surface area contributed by atoms with Gasteiger partial charge in [0.25, 0.3) is 5.91 Å². The molecule has 2 aromatic carbocycles.